The van der Waals surface area contributed by atoms with Gasteiger partial charge in [0.25, 0.3) is 0 Å². The van der Waals surface area contributed by atoms with Gasteiger partial charge in [0, 0.05) is 24.5 Å². The number of benzene rings is 1. The van der Waals surface area contributed by atoms with Crippen LogP contribution in [0.3, 0.4) is 0 Å². The minimum Gasteiger partial charge on any atom is -0.372 e. The Morgan fingerprint density at radius 1 is 1.37 bits per heavy atom. The van der Waals surface area contributed by atoms with Gasteiger partial charge in [0.15, 0.2) is 0 Å². The SMILES string of the molecule is CCC(C#N)C(=O)Nc1ccc(N2CCCC2)cc1. The van der Waals surface area contributed by atoms with Crippen molar-refractivity contribution in [3.63, 3.8) is 0 Å². The highest BCUT2D eigenvalue weighted by molar-refractivity contribution is 5.94. The van der Waals surface area contributed by atoms with Crippen LogP contribution in [0.25, 0.3) is 0 Å². The normalized spacial score (nSPS) is 15.9. The minimum absolute atomic E-state index is 0.223. The van der Waals surface area contributed by atoms with Gasteiger partial charge in [-0.2, -0.15) is 5.26 Å². The van der Waals surface area contributed by atoms with E-state index in [1.807, 2.05) is 37.3 Å². The Kier molecular flexibility index (Phi) is 4.40. The molecule has 1 N–H and O–H groups in total. The van der Waals surface area contributed by atoms with E-state index >= 15 is 0 Å². The number of rotatable bonds is 4. The monoisotopic (exact) mass is 257 g/mol. The van der Waals surface area contributed by atoms with Crippen LogP contribution in [0.1, 0.15) is 26.2 Å². The van der Waals surface area contributed by atoms with E-state index in [4.69, 9.17) is 5.26 Å². The third kappa shape index (κ3) is 3.25. The van der Waals surface area contributed by atoms with E-state index in [1.165, 1.54) is 18.5 Å². The summed E-state index contributed by atoms with van der Waals surface area (Å²) in [4.78, 5) is 14.1. The smallest absolute Gasteiger partial charge is 0.241 e. The zero-order chi connectivity index (χ0) is 13.7. The van der Waals surface area contributed by atoms with Crippen LogP contribution < -0.4 is 10.2 Å². The number of nitrogens with zero attached hydrogens (tertiary/aromatic N) is 2. The minimum atomic E-state index is -0.571. The number of hydrogen-bond donors (Lipinski definition) is 1. The van der Waals surface area contributed by atoms with E-state index in [1.54, 1.807) is 0 Å². The first-order chi connectivity index (χ1) is 9.24. The Labute approximate surface area is 114 Å². The highest BCUT2D eigenvalue weighted by atomic mass is 16.1. The van der Waals surface area contributed by atoms with Crippen molar-refractivity contribution < 1.29 is 4.79 Å². The molecule has 1 aromatic carbocycles. The topological polar surface area (TPSA) is 56.1 Å². The van der Waals surface area contributed by atoms with Crippen molar-refractivity contribution >= 4 is 17.3 Å². The molecule has 0 aromatic heterocycles. The van der Waals surface area contributed by atoms with Gasteiger partial charge in [0.2, 0.25) is 5.91 Å². The molecule has 1 atom stereocenters. The second-order valence-corrected chi connectivity index (χ2v) is 4.82. The van der Waals surface area contributed by atoms with Gasteiger partial charge >= 0.3 is 0 Å². The summed E-state index contributed by atoms with van der Waals surface area (Å²) in [6.45, 7) is 4.06. The molecule has 1 fully saturated rings. The van der Waals surface area contributed by atoms with Crippen molar-refractivity contribution in [1.29, 1.82) is 5.26 Å². The third-order valence-corrected chi connectivity index (χ3v) is 3.49. The summed E-state index contributed by atoms with van der Waals surface area (Å²) in [7, 11) is 0. The molecule has 2 rings (SSSR count). The third-order valence-electron chi connectivity index (χ3n) is 3.49. The van der Waals surface area contributed by atoms with Crippen LogP contribution in [0.5, 0.6) is 0 Å². The van der Waals surface area contributed by atoms with Crippen molar-refractivity contribution in [2.75, 3.05) is 23.3 Å². The number of carbonyl (C=O) groups is 1. The van der Waals surface area contributed by atoms with Gasteiger partial charge in [-0.1, -0.05) is 6.92 Å². The molecule has 19 heavy (non-hydrogen) atoms. The van der Waals surface area contributed by atoms with Gasteiger partial charge in [0.05, 0.1) is 6.07 Å². The summed E-state index contributed by atoms with van der Waals surface area (Å²) in [6.07, 6.45) is 3.03. The van der Waals surface area contributed by atoms with Gasteiger partial charge in [-0.05, 0) is 43.5 Å². The lowest BCUT2D eigenvalue weighted by Crippen LogP contribution is -2.21. The fourth-order valence-corrected chi connectivity index (χ4v) is 2.30. The molecule has 0 radical (unpaired) electrons. The molecule has 0 bridgehead atoms. The van der Waals surface area contributed by atoms with Crippen molar-refractivity contribution in [2.45, 2.75) is 26.2 Å². The van der Waals surface area contributed by atoms with E-state index in [2.05, 4.69) is 10.2 Å². The van der Waals surface area contributed by atoms with Gasteiger partial charge in [-0.3, -0.25) is 4.79 Å². The lowest BCUT2D eigenvalue weighted by Gasteiger charge is -2.18. The molecule has 1 unspecified atom stereocenters. The average molecular weight is 257 g/mol. The maximum absolute atomic E-state index is 11.8. The summed E-state index contributed by atoms with van der Waals surface area (Å²) < 4.78 is 0. The summed E-state index contributed by atoms with van der Waals surface area (Å²) in [5, 5.41) is 11.6. The predicted octanol–water partition coefficient (Wildman–Crippen LogP) is 2.78. The zero-order valence-corrected chi connectivity index (χ0v) is 11.2. The van der Waals surface area contributed by atoms with E-state index < -0.39 is 5.92 Å². The number of nitriles is 1. The Morgan fingerprint density at radius 3 is 2.53 bits per heavy atom. The van der Waals surface area contributed by atoms with E-state index in [0.717, 1.165) is 18.8 Å². The maximum atomic E-state index is 11.8. The molecular weight excluding hydrogens is 238 g/mol. The molecule has 1 amide bonds. The Morgan fingerprint density at radius 2 is 2.00 bits per heavy atom. The molecule has 0 saturated carbocycles. The van der Waals surface area contributed by atoms with Gasteiger partial charge in [-0.25, -0.2) is 0 Å². The lowest BCUT2D eigenvalue weighted by molar-refractivity contribution is -0.118. The van der Waals surface area contributed by atoms with Crippen LogP contribution in [-0.4, -0.2) is 19.0 Å². The quantitative estimate of drug-likeness (QED) is 0.902. The lowest BCUT2D eigenvalue weighted by atomic mass is 10.1. The number of anilines is 2. The Balaban J connectivity index is 1.98. The largest absolute Gasteiger partial charge is 0.372 e. The summed E-state index contributed by atoms with van der Waals surface area (Å²) in [5.41, 5.74) is 1.95. The number of nitrogens with one attached hydrogen (secondary N) is 1. The molecule has 4 heteroatoms. The first-order valence-electron chi connectivity index (χ1n) is 6.80. The molecule has 1 aliphatic heterocycles. The Hall–Kier alpha value is -2.02. The molecular formula is C15H19N3O. The van der Waals surface area contributed by atoms with Crippen LogP contribution in [-0.2, 0) is 4.79 Å². The molecule has 1 saturated heterocycles. The summed E-state index contributed by atoms with van der Waals surface area (Å²) >= 11 is 0. The highest BCUT2D eigenvalue weighted by Gasteiger charge is 2.16. The molecule has 1 aliphatic rings. The average Bonchev–Trinajstić information content (AvgIpc) is 2.95. The summed E-state index contributed by atoms with van der Waals surface area (Å²) in [6, 6.07) is 9.85. The van der Waals surface area contributed by atoms with Crippen molar-refractivity contribution in [2.24, 2.45) is 5.92 Å². The first-order valence-corrected chi connectivity index (χ1v) is 6.80. The van der Waals surface area contributed by atoms with E-state index in [-0.39, 0.29) is 5.91 Å². The fourth-order valence-electron chi connectivity index (χ4n) is 2.30. The second kappa shape index (κ2) is 6.24. The van der Waals surface area contributed by atoms with Crippen LogP contribution in [0.15, 0.2) is 24.3 Å². The fraction of sp³-hybridized carbons (Fsp3) is 0.467. The van der Waals surface area contributed by atoms with Crippen LogP contribution in [0.2, 0.25) is 0 Å². The number of carbonyl (C=O) groups excluding carboxylic acids is 1. The standard InChI is InChI=1S/C15H19N3O/c1-2-12(11-16)15(19)17-13-5-7-14(8-6-13)18-9-3-4-10-18/h5-8,12H,2-4,9-10H2,1H3,(H,17,19). The van der Waals surface area contributed by atoms with Gasteiger partial charge in [-0.15, -0.1) is 0 Å². The molecule has 100 valence electrons. The molecule has 0 aliphatic carbocycles. The van der Waals surface area contributed by atoms with Crippen molar-refractivity contribution in [3.05, 3.63) is 24.3 Å². The van der Waals surface area contributed by atoms with Crippen LogP contribution >= 0.6 is 0 Å². The zero-order valence-electron chi connectivity index (χ0n) is 11.2. The van der Waals surface area contributed by atoms with Crippen molar-refractivity contribution in [3.8, 4) is 6.07 Å². The highest BCUT2D eigenvalue weighted by Crippen LogP contribution is 2.22. The van der Waals surface area contributed by atoms with Crippen LogP contribution in [0.4, 0.5) is 11.4 Å². The molecule has 1 heterocycles. The van der Waals surface area contributed by atoms with Crippen LogP contribution in [0, 0.1) is 17.2 Å². The summed E-state index contributed by atoms with van der Waals surface area (Å²) in [5.74, 6) is -0.794. The van der Waals surface area contributed by atoms with E-state index in [9.17, 15) is 4.79 Å². The first kappa shape index (κ1) is 13.4. The molecule has 4 nitrogen and oxygen atoms in total. The molecule has 0 spiro atoms. The van der Waals surface area contributed by atoms with E-state index in [0.29, 0.717) is 6.42 Å². The number of amides is 1. The Bertz CT molecular complexity index is 469. The molecule has 1 aromatic rings. The predicted molar refractivity (Wildman–Crippen MR) is 75.9 cm³/mol. The van der Waals surface area contributed by atoms with Gasteiger partial charge in [0.1, 0.15) is 5.92 Å². The van der Waals surface area contributed by atoms with Gasteiger partial charge < -0.3 is 10.2 Å². The maximum Gasteiger partial charge on any atom is 0.241 e. The van der Waals surface area contributed by atoms with Crippen molar-refractivity contribution in [1.82, 2.24) is 0 Å². The number of hydrogen-bond acceptors (Lipinski definition) is 3. The second-order valence-electron chi connectivity index (χ2n) is 4.82.